The molecule has 11 rings (SSSR count). The van der Waals surface area contributed by atoms with Gasteiger partial charge in [0.05, 0.1) is 32.0 Å². The number of para-hydroxylation sites is 2. The topological polar surface area (TPSA) is 79.2 Å². The van der Waals surface area contributed by atoms with Crippen molar-refractivity contribution in [2.45, 2.75) is 32.1 Å². The SMILES string of the molecule is N#Cc1c2ccccc2c(Cc2ccc3c(c2)OCCOCCOc2c4cccc2Cc2cccc(c2)Cc2cccc(c2OCCOCCO3)Cc2cccc(c2)C4)c2ccccc12. The molecule has 0 radical (unpaired) electrons. The summed E-state index contributed by atoms with van der Waals surface area (Å²) in [4.78, 5) is 0. The van der Waals surface area contributed by atoms with Gasteiger partial charge in [0.2, 0.25) is 0 Å². The summed E-state index contributed by atoms with van der Waals surface area (Å²) in [6.07, 6.45) is 3.62. The highest BCUT2D eigenvalue weighted by Gasteiger charge is 2.18. The first kappa shape index (κ1) is 41.9. The van der Waals surface area contributed by atoms with E-state index < -0.39 is 0 Å². The fourth-order valence-electron chi connectivity index (χ4n) is 9.44. The second kappa shape index (κ2) is 19.7. The summed E-state index contributed by atoms with van der Waals surface area (Å²) in [6.45, 7) is 3.05. The summed E-state index contributed by atoms with van der Waals surface area (Å²) in [5.74, 6) is 3.12. The van der Waals surface area contributed by atoms with Crippen LogP contribution in [0.4, 0.5) is 0 Å². The molecule has 0 saturated carbocycles. The zero-order valence-corrected chi connectivity index (χ0v) is 36.5. The second-order valence-corrected chi connectivity index (χ2v) is 16.8. The van der Waals surface area contributed by atoms with Crippen LogP contribution < -0.4 is 18.9 Å². The van der Waals surface area contributed by atoms with E-state index in [1.165, 1.54) is 22.3 Å². The molecule has 7 nitrogen and oxygen atoms in total. The molecule has 3 aliphatic rings. The lowest BCUT2D eigenvalue weighted by molar-refractivity contribution is 0.0695. The lowest BCUT2D eigenvalue weighted by Crippen LogP contribution is -2.15. The highest BCUT2D eigenvalue weighted by atomic mass is 16.6. The lowest BCUT2D eigenvalue weighted by Gasteiger charge is -2.19. The first-order valence-electron chi connectivity index (χ1n) is 22.7. The number of nitriles is 1. The minimum absolute atomic E-state index is 0.328. The van der Waals surface area contributed by atoms with Crippen molar-refractivity contribution in [2.24, 2.45) is 0 Å². The van der Waals surface area contributed by atoms with Crippen molar-refractivity contribution in [3.8, 4) is 29.1 Å². The zero-order valence-electron chi connectivity index (χ0n) is 36.5. The highest BCUT2D eigenvalue weighted by molar-refractivity contribution is 6.07. The van der Waals surface area contributed by atoms with Crippen LogP contribution in [-0.4, -0.2) is 52.9 Å². The van der Waals surface area contributed by atoms with Crippen LogP contribution in [0.5, 0.6) is 23.0 Å². The molecule has 65 heavy (non-hydrogen) atoms. The van der Waals surface area contributed by atoms with E-state index in [0.717, 1.165) is 92.1 Å². The maximum Gasteiger partial charge on any atom is 0.161 e. The Hall–Kier alpha value is -7.11. The van der Waals surface area contributed by atoms with Gasteiger partial charge >= 0.3 is 0 Å². The standard InChI is InChI=1S/C58H51NO6/c59-39-54-51-19-3-1-17-49(51)53(50-18-2-4-20-52(50)54)37-44-21-22-55-56(38-44)63-28-24-61-26-30-65-58-47-15-8-16-48(58)36-43-12-6-10-41(32-43)34-46-14-7-13-45(33-40-9-5-11-42(31-40)35-47)57(46)64-29-25-60-23-27-62-55/h1-22,31-32,38H,23-30,33-37H2. The molecule has 0 N–H and O–H groups in total. The summed E-state index contributed by atoms with van der Waals surface area (Å²) in [6, 6.07) is 55.8. The van der Waals surface area contributed by atoms with E-state index in [4.69, 9.17) is 28.4 Å². The number of nitrogens with zero attached hydrogens (tertiary/aromatic N) is 1. The van der Waals surface area contributed by atoms with Crippen LogP contribution in [-0.2, 0) is 41.6 Å². The molecule has 2 heterocycles. The number of ether oxygens (including phenoxy) is 6. The van der Waals surface area contributed by atoms with E-state index in [2.05, 4.69) is 115 Å². The van der Waals surface area contributed by atoms with E-state index in [0.29, 0.717) is 76.3 Å². The van der Waals surface area contributed by atoms with Crippen molar-refractivity contribution >= 4 is 21.5 Å². The van der Waals surface area contributed by atoms with Gasteiger partial charge in [-0.3, -0.25) is 0 Å². The van der Waals surface area contributed by atoms with E-state index in [-0.39, 0.29) is 0 Å². The molecular weight excluding hydrogens is 807 g/mol. The van der Waals surface area contributed by atoms with Crippen LogP contribution in [0.3, 0.4) is 0 Å². The van der Waals surface area contributed by atoms with Gasteiger partial charge in [-0.2, -0.15) is 5.26 Å². The molecule has 10 bridgehead atoms. The monoisotopic (exact) mass is 857 g/mol. The van der Waals surface area contributed by atoms with Gasteiger partial charge in [-0.25, -0.2) is 0 Å². The van der Waals surface area contributed by atoms with Crippen molar-refractivity contribution in [3.05, 3.63) is 213 Å². The van der Waals surface area contributed by atoms with Gasteiger partial charge in [-0.15, -0.1) is 0 Å². The third-order valence-corrected chi connectivity index (χ3v) is 12.4. The van der Waals surface area contributed by atoms with Crippen molar-refractivity contribution in [1.29, 1.82) is 5.26 Å². The van der Waals surface area contributed by atoms with Crippen molar-refractivity contribution in [1.82, 2.24) is 0 Å². The van der Waals surface area contributed by atoms with Crippen LogP contribution in [0.2, 0.25) is 0 Å². The fourth-order valence-corrected chi connectivity index (χ4v) is 9.44. The predicted octanol–water partition coefficient (Wildman–Crippen LogP) is 11.4. The van der Waals surface area contributed by atoms with E-state index >= 15 is 0 Å². The van der Waals surface area contributed by atoms with Crippen LogP contribution in [0.15, 0.2) is 152 Å². The minimum Gasteiger partial charge on any atom is -0.491 e. The van der Waals surface area contributed by atoms with Crippen molar-refractivity contribution in [3.63, 3.8) is 0 Å². The van der Waals surface area contributed by atoms with Gasteiger partial charge in [0, 0.05) is 36.5 Å². The number of rotatable bonds is 2. The minimum atomic E-state index is 0.328. The molecule has 0 amide bonds. The summed E-state index contributed by atoms with van der Waals surface area (Å²) < 4.78 is 38.4. The maximum atomic E-state index is 10.2. The molecule has 8 aromatic rings. The average Bonchev–Trinajstić information content (AvgIpc) is 3.32. The van der Waals surface area contributed by atoms with Gasteiger partial charge in [0.15, 0.2) is 11.5 Å². The van der Waals surface area contributed by atoms with Crippen LogP contribution in [0, 0.1) is 11.3 Å². The largest absolute Gasteiger partial charge is 0.491 e. The Balaban J connectivity index is 0.941. The Morgan fingerprint density at radius 1 is 0.385 bits per heavy atom. The number of fused-ring (bicyclic) bond motifs is 14. The van der Waals surface area contributed by atoms with Crippen LogP contribution in [0.1, 0.15) is 61.2 Å². The highest BCUT2D eigenvalue weighted by Crippen LogP contribution is 2.37. The molecule has 0 unspecified atom stereocenters. The van der Waals surface area contributed by atoms with E-state index in [1.807, 2.05) is 42.5 Å². The second-order valence-electron chi connectivity index (χ2n) is 16.8. The molecule has 324 valence electrons. The number of hydrogen-bond acceptors (Lipinski definition) is 7. The van der Waals surface area contributed by atoms with Crippen LogP contribution >= 0.6 is 0 Å². The quantitative estimate of drug-likeness (QED) is 0.127. The summed E-state index contributed by atoms with van der Waals surface area (Å²) in [7, 11) is 0. The molecule has 0 spiro atoms. The van der Waals surface area contributed by atoms with Crippen molar-refractivity contribution in [2.75, 3.05) is 52.9 Å². The van der Waals surface area contributed by atoms with Crippen LogP contribution in [0.25, 0.3) is 21.5 Å². The van der Waals surface area contributed by atoms with Gasteiger partial charge < -0.3 is 28.4 Å². The Kier molecular flexibility index (Phi) is 12.7. The van der Waals surface area contributed by atoms with Crippen molar-refractivity contribution < 1.29 is 28.4 Å². The third kappa shape index (κ3) is 9.56. The molecule has 2 aliphatic heterocycles. The molecule has 0 aromatic heterocycles. The first-order chi connectivity index (χ1) is 32.2. The van der Waals surface area contributed by atoms with E-state index in [9.17, 15) is 5.26 Å². The molecule has 7 heteroatoms. The average molecular weight is 858 g/mol. The normalized spacial score (nSPS) is 14.8. The molecule has 0 atom stereocenters. The van der Waals surface area contributed by atoms with E-state index in [1.54, 1.807) is 0 Å². The maximum absolute atomic E-state index is 10.2. The van der Waals surface area contributed by atoms with Gasteiger partial charge in [0.25, 0.3) is 0 Å². The molecular formula is C58H51NO6. The predicted molar refractivity (Wildman–Crippen MR) is 256 cm³/mol. The molecule has 0 fully saturated rings. The lowest BCUT2D eigenvalue weighted by atomic mass is 9.89. The van der Waals surface area contributed by atoms with Gasteiger partial charge in [-0.1, -0.05) is 140 Å². The Morgan fingerprint density at radius 2 is 0.800 bits per heavy atom. The Bertz CT molecular complexity index is 2880. The summed E-state index contributed by atoms with van der Waals surface area (Å²) in [5, 5.41) is 14.2. The molecule has 8 aromatic carbocycles. The fraction of sp³-hybridized carbons (Fsp3) is 0.224. The summed E-state index contributed by atoms with van der Waals surface area (Å²) >= 11 is 0. The smallest absolute Gasteiger partial charge is 0.161 e. The third-order valence-electron chi connectivity index (χ3n) is 12.4. The zero-order chi connectivity index (χ0) is 43.8. The van der Waals surface area contributed by atoms with Gasteiger partial charge in [-0.05, 0) is 85.0 Å². The Morgan fingerprint density at radius 3 is 1.26 bits per heavy atom. The number of hydrogen-bond donors (Lipinski definition) is 0. The number of benzene rings is 8. The van der Waals surface area contributed by atoms with Gasteiger partial charge in [0.1, 0.15) is 44.0 Å². The Labute approximate surface area is 380 Å². The molecule has 1 aliphatic carbocycles. The molecule has 0 saturated heterocycles. The first-order valence-corrected chi connectivity index (χ1v) is 22.7. The summed E-state index contributed by atoms with van der Waals surface area (Å²) in [5.41, 5.74) is 12.5.